The highest BCUT2D eigenvalue weighted by Gasteiger charge is 2.42. The van der Waals surface area contributed by atoms with Gasteiger partial charge in [-0.3, -0.25) is 4.79 Å². The van der Waals surface area contributed by atoms with Gasteiger partial charge in [-0.1, -0.05) is 6.07 Å². The molecule has 156 valence electrons. The molecule has 2 N–H and O–H groups in total. The van der Waals surface area contributed by atoms with Gasteiger partial charge in [0, 0.05) is 41.9 Å². The molecule has 2 saturated heterocycles. The summed E-state index contributed by atoms with van der Waals surface area (Å²) >= 11 is 0. The summed E-state index contributed by atoms with van der Waals surface area (Å²) in [6.45, 7) is 2.64. The molecule has 1 unspecified atom stereocenters. The van der Waals surface area contributed by atoms with Crippen molar-refractivity contribution in [3.63, 3.8) is 0 Å². The molecule has 7 nitrogen and oxygen atoms in total. The molecule has 0 spiro atoms. The van der Waals surface area contributed by atoms with Gasteiger partial charge in [0.25, 0.3) is 5.91 Å². The van der Waals surface area contributed by atoms with Crippen LogP contribution in [0.2, 0.25) is 0 Å². The van der Waals surface area contributed by atoms with Gasteiger partial charge < -0.3 is 20.1 Å². The monoisotopic (exact) mass is 407 g/mol. The largest absolute Gasteiger partial charge is 0.493 e. The Kier molecular flexibility index (Phi) is 4.60. The van der Waals surface area contributed by atoms with E-state index in [0.717, 1.165) is 49.2 Å². The second-order valence-electron chi connectivity index (χ2n) is 8.47. The molecule has 5 rings (SSSR count). The first-order valence-corrected chi connectivity index (χ1v) is 10.5. The number of carboxylic acids is 1. The quantitative estimate of drug-likeness (QED) is 0.810. The second kappa shape index (κ2) is 7.31. The molecule has 0 radical (unpaired) electrons. The van der Waals surface area contributed by atoms with Crippen molar-refractivity contribution in [1.82, 2.24) is 10.3 Å². The fourth-order valence-electron chi connectivity index (χ4n) is 5.25. The Hall–Kier alpha value is -3.09. The van der Waals surface area contributed by atoms with E-state index in [0.29, 0.717) is 24.3 Å². The minimum absolute atomic E-state index is 0.0346. The summed E-state index contributed by atoms with van der Waals surface area (Å²) in [6.07, 6.45) is 6.18. The average Bonchev–Trinajstić information content (AvgIpc) is 3.31. The van der Waals surface area contributed by atoms with E-state index >= 15 is 0 Å². The number of benzene rings is 1. The molecule has 3 aliphatic rings. The minimum atomic E-state index is -0.967. The van der Waals surface area contributed by atoms with Crippen LogP contribution in [0.5, 0.6) is 5.75 Å². The van der Waals surface area contributed by atoms with E-state index in [-0.39, 0.29) is 17.5 Å². The first-order chi connectivity index (χ1) is 14.5. The normalized spacial score (nSPS) is 24.3. The highest BCUT2D eigenvalue weighted by molar-refractivity contribution is 5.96. The minimum Gasteiger partial charge on any atom is -0.493 e. The standard InChI is InChI=1S/C23H25N3O4/c1-13-19(6-2-14-8-9-30-21(13)14)22(27)25-16-10-17-4-5-18(11-16)26(17)20-7-3-15(12-24-20)23(28)29/h2-3,6-7,12,16-18H,4-5,8-11H2,1H3,(H,25,27)(H,28,29)/t16?,17-,18+. The number of rotatable bonds is 4. The van der Waals surface area contributed by atoms with Gasteiger partial charge in [0.05, 0.1) is 12.2 Å². The van der Waals surface area contributed by atoms with Crippen molar-refractivity contribution in [2.24, 2.45) is 0 Å². The molecule has 3 atom stereocenters. The summed E-state index contributed by atoms with van der Waals surface area (Å²) in [5.41, 5.74) is 2.99. The third kappa shape index (κ3) is 3.18. The van der Waals surface area contributed by atoms with Gasteiger partial charge >= 0.3 is 5.97 Å². The first-order valence-electron chi connectivity index (χ1n) is 10.5. The van der Waals surface area contributed by atoms with Crippen LogP contribution < -0.4 is 15.0 Å². The number of ether oxygens (including phenoxy) is 1. The van der Waals surface area contributed by atoms with Gasteiger partial charge in [-0.25, -0.2) is 9.78 Å². The molecule has 1 aromatic carbocycles. The number of nitrogens with zero attached hydrogens (tertiary/aromatic N) is 2. The fraction of sp³-hybridized carbons (Fsp3) is 0.435. The van der Waals surface area contributed by atoms with Crippen molar-refractivity contribution in [3.8, 4) is 5.75 Å². The molecule has 2 bridgehead atoms. The van der Waals surface area contributed by atoms with Gasteiger partial charge in [0.1, 0.15) is 11.6 Å². The molecule has 30 heavy (non-hydrogen) atoms. The lowest BCUT2D eigenvalue weighted by atomic mass is 9.96. The summed E-state index contributed by atoms with van der Waals surface area (Å²) in [6, 6.07) is 8.05. The third-order valence-corrected chi connectivity index (χ3v) is 6.68. The molecule has 1 amide bonds. The Balaban J connectivity index is 1.28. The van der Waals surface area contributed by atoms with Gasteiger partial charge in [-0.2, -0.15) is 0 Å². The summed E-state index contributed by atoms with van der Waals surface area (Å²) in [4.78, 5) is 30.7. The van der Waals surface area contributed by atoms with Crippen LogP contribution in [0.25, 0.3) is 0 Å². The number of aromatic nitrogens is 1. The Morgan fingerprint density at radius 3 is 2.60 bits per heavy atom. The summed E-state index contributed by atoms with van der Waals surface area (Å²) in [5.74, 6) is 0.690. The fourth-order valence-corrected chi connectivity index (χ4v) is 5.25. The summed E-state index contributed by atoms with van der Waals surface area (Å²) < 4.78 is 5.71. The van der Waals surface area contributed by atoms with Crippen LogP contribution in [0, 0.1) is 6.92 Å². The summed E-state index contributed by atoms with van der Waals surface area (Å²) in [5, 5.41) is 12.3. The first kappa shape index (κ1) is 18.9. The molecule has 3 aliphatic heterocycles. The zero-order valence-electron chi connectivity index (χ0n) is 16.9. The van der Waals surface area contributed by atoms with Crippen molar-refractivity contribution in [2.75, 3.05) is 11.5 Å². The van der Waals surface area contributed by atoms with Crippen LogP contribution >= 0.6 is 0 Å². The van der Waals surface area contributed by atoms with Gasteiger partial charge in [0.15, 0.2) is 0 Å². The molecular formula is C23H25N3O4. The number of carbonyl (C=O) groups excluding carboxylic acids is 1. The topological polar surface area (TPSA) is 91.8 Å². The van der Waals surface area contributed by atoms with Crippen LogP contribution in [0.3, 0.4) is 0 Å². The van der Waals surface area contributed by atoms with Crippen LogP contribution in [-0.2, 0) is 6.42 Å². The number of aromatic carboxylic acids is 1. The van der Waals surface area contributed by atoms with E-state index in [1.54, 1.807) is 12.1 Å². The number of nitrogens with one attached hydrogen (secondary N) is 1. The molecule has 2 fully saturated rings. The van der Waals surface area contributed by atoms with Crippen LogP contribution in [0.15, 0.2) is 30.5 Å². The highest BCUT2D eigenvalue weighted by Crippen LogP contribution is 2.39. The zero-order valence-corrected chi connectivity index (χ0v) is 16.9. The zero-order chi connectivity index (χ0) is 20.8. The lowest BCUT2D eigenvalue weighted by Gasteiger charge is -2.40. The van der Waals surface area contributed by atoms with E-state index in [9.17, 15) is 9.59 Å². The third-order valence-electron chi connectivity index (χ3n) is 6.68. The lowest BCUT2D eigenvalue weighted by molar-refractivity contribution is 0.0696. The number of hydrogen-bond acceptors (Lipinski definition) is 5. The van der Waals surface area contributed by atoms with Crippen LogP contribution in [-0.4, -0.2) is 46.7 Å². The molecule has 0 aliphatic carbocycles. The molecule has 2 aromatic rings. The van der Waals surface area contributed by atoms with E-state index in [1.165, 1.54) is 11.8 Å². The van der Waals surface area contributed by atoms with Crippen molar-refractivity contribution < 1.29 is 19.4 Å². The van der Waals surface area contributed by atoms with Crippen molar-refractivity contribution in [2.45, 2.75) is 57.2 Å². The summed E-state index contributed by atoms with van der Waals surface area (Å²) in [7, 11) is 0. The Morgan fingerprint density at radius 2 is 1.93 bits per heavy atom. The van der Waals surface area contributed by atoms with Gasteiger partial charge in [-0.15, -0.1) is 0 Å². The lowest BCUT2D eigenvalue weighted by Crippen LogP contribution is -2.50. The number of pyridine rings is 1. The SMILES string of the molecule is Cc1c(C(=O)NC2C[C@H]3CC[C@@H](C2)N3c2ccc(C(=O)O)cn2)ccc2c1OCC2. The number of amides is 1. The predicted molar refractivity (Wildman–Crippen MR) is 111 cm³/mol. The molecule has 1 aromatic heterocycles. The molecule has 0 saturated carbocycles. The molecule has 7 heteroatoms. The average molecular weight is 407 g/mol. The number of carboxylic acid groups (broad SMARTS) is 1. The van der Waals surface area contributed by atoms with Gasteiger partial charge in [0.2, 0.25) is 0 Å². The van der Waals surface area contributed by atoms with Crippen LogP contribution in [0.4, 0.5) is 5.82 Å². The van der Waals surface area contributed by atoms with E-state index < -0.39 is 5.97 Å². The van der Waals surface area contributed by atoms with Crippen molar-refractivity contribution in [3.05, 3.63) is 52.7 Å². The number of anilines is 1. The number of carbonyl (C=O) groups is 2. The Labute approximate surface area is 175 Å². The van der Waals surface area contributed by atoms with E-state index in [2.05, 4.69) is 15.2 Å². The molecular weight excluding hydrogens is 382 g/mol. The Morgan fingerprint density at radius 1 is 1.17 bits per heavy atom. The molecule has 4 heterocycles. The maximum Gasteiger partial charge on any atom is 0.337 e. The van der Waals surface area contributed by atoms with Crippen molar-refractivity contribution >= 4 is 17.7 Å². The number of piperidine rings is 1. The van der Waals surface area contributed by atoms with E-state index in [1.807, 2.05) is 19.1 Å². The maximum absolute atomic E-state index is 13.0. The van der Waals surface area contributed by atoms with Gasteiger partial charge in [-0.05, 0) is 56.4 Å². The second-order valence-corrected chi connectivity index (χ2v) is 8.47. The van der Waals surface area contributed by atoms with Crippen LogP contribution in [0.1, 0.15) is 57.5 Å². The highest BCUT2D eigenvalue weighted by atomic mass is 16.5. The van der Waals surface area contributed by atoms with E-state index in [4.69, 9.17) is 9.84 Å². The Bertz CT molecular complexity index is 990. The van der Waals surface area contributed by atoms with Crippen molar-refractivity contribution in [1.29, 1.82) is 0 Å². The maximum atomic E-state index is 13.0. The predicted octanol–water partition coefficient (Wildman–Crippen LogP) is 2.95. The number of fused-ring (bicyclic) bond motifs is 3. The smallest absolute Gasteiger partial charge is 0.337 e. The number of hydrogen-bond donors (Lipinski definition) is 2.